The van der Waals surface area contributed by atoms with Crippen molar-refractivity contribution in [2.45, 2.75) is 25.9 Å². The molecular formula is C40H39FN8O4. The van der Waals surface area contributed by atoms with Gasteiger partial charge in [-0.2, -0.15) is 0 Å². The van der Waals surface area contributed by atoms with Gasteiger partial charge in [-0.1, -0.05) is 24.3 Å². The maximum Gasteiger partial charge on any atom is 0.313 e. The minimum Gasteiger partial charge on any atom is -0.479 e. The summed E-state index contributed by atoms with van der Waals surface area (Å²) in [7, 11) is 3.69. The third kappa shape index (κ3) is 6.42. The molecule has 12 nitrogen and oxygen atoms in total. The van der Waals surface area contributed by atoms with Gasteiger partial charge in [-0.15, -0.1) is 0 Å². The Morgan fingerprint density at radius 1 is 0.925 bits per heavy atom. The normalized spacial score (nSPS) is 16.2. The molecule has 2 aliphatic heterocycles. The number of rotatable bonds is 7. The van der Waals surface area contributed by atoms with Gasteiger partial charge in [0.1, 0.15) is 11.5 Å². The van der Waals surface area contributed by atoms with Crippen LogP contribution in [0.15, 0.2) is 85.5 Å². The van der Waals surface area contributed by atoms with E-state index in [2.05, 4.69) is 32.0 Å². The van der Waals surface area contributed by atoms with E-state index in [-0.39, 0.29) is 11.9 Å². The number of aromatic hydroxyl groups is 1. The van der Waals surface area contributed by atoms with Crippen LogP contribution in [0.3, 0.4) is 0 Å². The number of amides is 2. The van der Waals surface area contributed by atoms with E-state index in [4.69, 9.17) is 4.74 Å². The predicted octanol–water partition coefficient (Wildman–Crippen LogP) is 5.40. The van der Waals surface area contributed by atoms with Gasteiger partial charge in [0.05, 0.1) is 48.7 Å². The van der Waals surface area contributed by atoms with E-state index in [1.165, 1.54) is 35.0 Å². The second-order valence-electron chi connectivity index (χ2n) is 13.7. The molecule has 270 valence electrons. The van der Waals surface area contributed by atoms with Crippen molar-refractivity contribution in [3.05, 3.63) is 119 Å². The maximum atomic E-state index is 15.2. The largest absolute Gasteiger partial charge is 0.479 e. The molecule has 0 unspecified atom stereocenters. The van der Waals surface area contributed by atoms with Crippen LogP contribution < -0.4 is 4.90 Å². The Morgan fingerprint density at radius 2 is 1.66 bits per heavy atom. The van der Waals surface area contributed by atoms with E-state index < -0.39 is 17.7 Å². The van der Waals surface area contributed by atoms with E-state index >= 15 is 4.39 Å². The summed E-state index contributed by atoms with van der Waals surface area (Å²) in [5, 5.41) is 10.7. The molecule has 1 atom stereocenters. The van der Waals surface area contributed by atoms with Crippen LogP contribution in [0.4, 0.5) is 15.8 Å². The van der Waals surface area contributed by atoms with Crippen LogP contribution in [-0.4, -0.2) is 89.7 Å². The van der Waals surface area contributed by atoms with Gasteiger partial charge >= 0.3 is 6.01 Å². The lowest BCUT2D eigenvalue weighted by atomic mass is 9.92. The van der Waals surface area contributed by atoms with Crippen LogP contribution in [0.2, 0.25) is 0 Å². The third-order valence-electron chi connectivity index (χ3n) is 10.5. The number of morpholine rings is 1. The number of aromatic nitrogens is 5. The molecule has 53 heavy (non-hydrogen) atoms. The molecule has 1 N–H and O–H groups in total. The van der Waals surface area contributed by atoms with Crippen molar-refractivity contribution >= 4 is 34.2 Å². The fourth-order valence-electron chi connectivity index (χ4n) is 7.51. The number of carbonyl (C=O) groups is 2. The number of halogens is 1. The summed E-state index contributed by atoms with van der Waals surface area (Å²) in [4.78, 5) is 47.6. The maximum absolute atomic E-state index is 15.2. The van der Waals surface area contributed by atoms with Gasteiger partial charge in [0.15, 0.2) is 0 Å². The van der Waals surface area contributed by atoms with E-state index in [0.717, 1.165) is 29.7 Å². The minimum atomic E-state index is -0.498. The molecule has 1 fully saturated rings. The van der Waals surface area contributed by atoms with Gasteiger partial charge in [0.2, 0.25) is 0 Å². The van der Waals surface area contributed by atoms with Crippen LogP contribution in [0.25, 0.3) is 22.3 Å². The number of aryl methyl sites for hydroxylation is 1. The number of hydrogen-bond acceptors (Lipinski definition) is 8. The molecule has 4 aromatic heterocycles. The fourth-order valence-corrected chi connectivity index (χ4v) is 7.51. The van der Waals surface area contributed by atoms with Crippen LogP contribution >= 0.6 is 0 Å². The molecule has 6 aromatic rings. The number of ether oxygens (including phenoxy) is 1. The average molecular weight is 715 g/mol. The monoisotopic (exact) mass is 714 g/mol. The summed E-state index contributed by atoms with van der Waals surface area (Å²) in [6, 6.07) is 17.3. The van der Waals surface area contributed by atoms with Crippen molar-refractivity contribution in [2.75, 3.05) is 37.7 Å². The number of carbonyl (C=O) groups excluding carboxylic acids is 2. The molecule has 0 radical (unpaired) electrons. The first-order chi connectivity index (χ1) is 25.7. The molecule has 6 heterocycles. The van der Waals surface area contributed by atoms with Crippen LogP contribution in [0.1, 0.15) is 37.5 Å². The molecule has 2 aromatic carbocycles. The third-order valence-corrected chi connectivity index (χ3v) is 10.5. The van der Waals surface area contributed by atoms with Crippen molar-refractivity contribution in [3.8, 4) is 17.3 Å². The molecule has 0 spiro atoms. The summed E-state index contributed by atoms with van der Waals surface area (Å²) >= 11 is 0. The van der Waals surface area contributed by atoms with Crippen LogP contribution in [0.5, 0.6) is 6.01 Å². The second kappa shape index (κ2) is 13.9. The lowest BCUT2D eigenvalue weighted by Gasteiger charge is -2.40. The Morgan fingerprint density at radius 3 is 2.43 bits per heavy atom. The van der Waals surface area contributed by atoms with Gasteiger partial charge in [-0.3, -0.25) is 19.4 Å². The van der Waals surface area contributed by atoms with E-state index in [9.17, 15) is 14.7 Å². The average Bonchev–Trinajstić information content (AvgIpc) is 3.69. The van der Waals surface area contributed by atoms with Crippen molar-refractivity contribution in [3.63, 3.8) is 0 Å². The van der Waals surface area contributed by atoms with Gasteiger partial charge < -0.3 is 23.9 Å². The summed E-state index contributed by atoms with van der Waals surface area (Å²) in [6.45, 7) is 5.84. The number of pyridine rings is 1. The highest BCUT2D eigenvalue weighted by Crippen LogP contribution is 2.35. The standard InChI is InChI=1S/C40H39FN8O4/c1-25-34(39(51)49(32-21-43-40(52)44-22-32)30-17-27-10-11-45(2)37(27)42-20-30)19-36(46(25)3)35-18-29(41)8-9-33(35)38(50)48-23-28-7-5-4-6-26(28)16-31(48)24-47-12-14-53-15-13-47/h4-11,17-22,31H,12-16,23-24H2,1-3H3,(H,43,44,52)/t31-/m0/s1. The van der Waals surface area contributed by atoms with Crippen molar-refractivity contribution in [1.29, 1.82) is 0 Å². The van der Waals surface area contributed by atoms with Crippen LogP contribution in [-0.2, 0) is 31.8 Å². The molecule has 2 aliphatic rings. The molecule has 0 aliphatic carbocycles. The zero-order valence-electron chi connectivity index (χ0n) is 29.7. The summed E-state index contributed by atoms with van der Waals surface area (Å²) in [5.41, 5.74) is 6.00. The zero-order chi connectivity index (χ0) is 36.8. The molecule has 8 rings (SSSR count). The van der Waals surface area contributed by atoms with Gasteiger partial charge in [0, 0.05) is 80.4 Å². The Hall–Kier alpha value is -5.92. The molecular weight excluding hydrogens is 675 g/mol. The number of benzene rings is 2. The first-order valence-corrected chi connectivity index (χ1v) is 17.6. The summed E-state index contributed by atoms with van der Waals surface area (Å²) in [5.74, 6) is -1.12. The van der Waals surface area contributed by atoms with Gasteiger partial charge in [-0.25, -0.2) is 19.3 Å². The second-order valence-corrected chi connectivity index (χ2v) is 13.7. The Balaban J connectivity index is 1.18. The molecule has 0 saturated carbocycles. The fraction of sp³-hybridized carbons (Fsp3) is 0.275. The van der Waals surface area contributed by atoms with Crippen molar-refractivity contribution < 1.29 is 23.8 Å². The SMILES string of the molecule is Cc1c(C(=O)N(c2cnc(O)nc2)c2cnc3c(ccn3C)c2)cc(-c2cc(F)ccc2C(=O)N2Cc3ccccc3C[C@H]2CN2CCOCC2)n1C. The number of fused-ring (bicyclic) bond motifs is 2. The van der Waals surface area contributed by atoms with Crippen LogP contribution in [0, 0.1) is 12.7 Å². The lowest BCUT2D eigenvalue weighted by Crippen LogP contribution is -2.52. The Kier molecular flexibility index (Phi) is 8.96. The highest BCUT2D eigenvalue weighted by molar-refractivity contribution is 6.13. The zero-order valence-corrected chi connectivity index (χ0v) is 29.7. The van der Waals surface area contributed by atoms with E-state index in [1.807, 2.05) is 53.9 Å². The lowest BCUT2D eigenvalue weighted by molar-refractivity contribution is 0.0193. The summed E-state index contributed by atoms with van der Waals surface area (Å²) < 4.78 is 24.5. The van der Waals surface area contributed by atoms with Gasteiger partial charge in [-0.05, 0) is 60.9 Å². The molecule has 13 heteroatoms. The number of anilines is 2. The van der Waals surface area contributed by atoms with Crippen molar-refractivity contribution in [2.24, 2.45) is 14.1 Å². The molecule has 0 bridgehead atoms. The quantitative estimate of drug-likeness (QED) is 0.234. The Bertz CT molecular complexity index is 2350. The molecule has 1 saturated heterocycles. The Labute approximate surface area is 305 Å². The van der Waals surface area contributed by atoms with Gasteiger partial charge in [0.25, 0.3) is 11.8 Å². The topological polar surface area (TPSA) is 122 Å². The number of hydrogen-bond donors (Lipinski definition) is 1. The molecule has 2 amide bonds. The first-order valence-electron chi connectivity index (χ1n) is 17.6. The smallest absolute Gasteiger partial charge is 0.313 e. The minimum absolute atomic E-state index is 0.0997. The first kappa shape index (κ1) is 34.2. The highest BCUT2D eigenvalue weighted by Gasteiger charge is 2.34. The number of nitrogens with zero attached hydrogens (tertiary/aromatic N) is 8. The van der Waals surface area contributed by atoms with E-state index in [1.54, 1.807) is 29.9 Å². The summed E-state index contributed by atoms with van der Waals surface area (Å²) in [6.07, 6.45) is 6.91. The van der Waals surface area contributed by atoms with E-state index in [0.29, 0.717) is 72.2 Å². The highest BCUT2D eigenvalue weighted by atomic mass is 19.1. The van der Waals surface area contributed by atoms with Crippen molar-refractivity contribution in [1.82, 2.24) is 33.9 Å². The predicted molar refractivity (Wildman–Crippen MR) is 197 cm³/mol.